The van der Waals surface area contributed by atoms with Gasteiger partial charge in [0.05, 0.1) is 35.7 Å². The van der Waals surface area contributed by atoms with E-state index in [4.69, 9.17) is 29.7 Å². The van der Waals surface area contributed by atoms with Crippen LogP contribution in [0.4, 0.5) is 17.3 Å². The van der Waals surface area contributed by atoms with Crippen molar-refractivity contribution in [2.75, 3.05) is 16.8 Å². The van der Waals surface area contributed by atoms with E-state index in [9.17, 15) is 37.8 Å². The van der Waals surface area contributed by atoms with Crippen LogP contribution < -0.4 is 26.2 Å². The van der Waals surface area contributed by atoms with Gasteiger partial charge in [0.25, 0.3) is 11.5 Å². The number of fused-ring (bicyclic) bond motifs is 5. The van der Waals surface area contributed by atoms with E-state index >= 15 is 0 Å². The van der Waals surface area contributed by atoms with Gasteiger partial charge in [-0.1, -0.05) is 42.4 Å². The molecule has 6 atom stereocenters. The number of aromatic nitrogens is 6. The van der Waals surface area contributed by atoms with Crippen LogP contribution in [0.5, 0.6) is 5.75 Å². The van der Waals surface area contributed by atoms with Crippen molar-refractivity contribution in [2.24, 2.45) is 5.11 Å². The van der Waals surface area contributed by atoms with E-state index in [0.717, 1.165) is 40.0 Å². The van der Waals surface area contributed by atoms with Gasteiger partial charge < -0.3 is 39.3 Å². The first-order valence-corrected chi connectivity index (χ1v) is 26.9. The number of phosphoric ester groups is 1. The molecule has 5 aromatic heterocycles. The first-order valence-electron chi connectivity index (χ1n) is 22.4. The molecule has 6 aromatic rings. The topological polar surface area (TPSA) is 375 Å². The van der Waals surface area contributed by atoms with Crippen molar-refractivity contribution in [1.82, 2.24) is 29.1 Å². The van der Waals surface area contributed by atoms with Crippen LogP contribution in [0.25, 0.3) is 16.3 Å². The Labute approximate surface area is 418 Å². The number of nitrogens with zero attached hydrogens (tertiary/aromatic N) is 9. The maximum atomic E-state index is 13.3. The summed E-state index contributed by atoms with van der Waals surface area (Å²) in [6, 6.07) is 21.9. The predicted molar refractivity (Wildman–Crippen MR) is 261 cm³/mol. The number of hydrogen-bond donors (Lipinski definition) is 6. The number of rotatable bonds is 12. The van der Waals surface area contributed by atoms with Crippen LogP contribution in [-0.4, -0.2) is 85.1 Å². The molecule has 30 heteroatoms. The second-order valence-electron chi connectivity index (χ2n) is 16.8. The minimum atomic E-state index is -5.70. The van der Waals surface area contributed by atoms with E-state index in [1.807, 2.05) is 91.8 Å². The Morgan fingerprint density at radius 3 is 2.24 bits per heavy atom. The summed E-state index contributed by atoms with van der Waals surface area (Å²) in [5.74, 6) is 2.61. The molecule has 0 spiro atoms. The number of nitrogens with one attached hydrogen (secondary N) is 2. The lowest BCUT2D eigenvalue weighted by molar-refractivity contribution is -0.0267. The third-order valence-corrected chi connectivity index (χ3v) is 15.6. The number of carbonyl (C=O) groups excluding carboxylic acids is 2. The second kappa shape index (κ2) is 21.5. The Balaban J connectivity index is 0.000000151. The van der Waals surface area contributed by atoms with Crippen LogP contribution in [0.3, 0.4) is 0 Å². The van der Waals surface area contributed by atoms with Gasteiger partial charge in [-0.15, -0.1) is 0 Å². The van der Waals surface area contributed by atoms with Crippen molar-refractivity contribution in [3.8, 4) is 11.6 Å². The highest BCUT2D eigenvalue weighted by Gasteiger charge is 2.46. The highest BCUT2D eigenvalue weighted by atomic mass is 31.3. The number of carbonyl (C=O) groups is 2. The van der Waals surface area contributed by atoms with Gasteiger partial charge in [-0.2, -0.15) is 8.62 Å². The number of H-pyrrole nitrogens is 1. The summed E-state index contributed by atoms with van der Waals surface area (Å²) >= 11 is 0. The summed E-state index contributed by atoms with van der Waals surface area (Å²) in [5, 5.41) is 6.39. The number of azide groups is 1. The smallest absolute Gasteiger partial charge is 0.470 e. The largest absolute Gasteiger partial charge is 0.490 e. The Morgan fingerprint density at radius 1 is 0.851 bits per heavy atom. The highest BCUT2D eigenvalue weighted by molar-refractivity contribution is 7.66. The van der Waals surface area contributed by atoms with Crippen molar-refractivity contribution in [1.29, 1.82) is 0 Å². The quantitative estimate of drug-likeness (QED) is 0.0327. The van der Waals surface area contributed by atoms with Crippen molar-refractivity contribution in [2.45, 2.75) is 76.5 Å². The fourth-order valence-corrected chi connectivity index (χ4v) is 11.3. The number of amides is 1. The number of aromatic amines is 1. The van der Waals surface area contributed by atoms with Gasteiger partial charge in [0.15, 0.2) is 23.0 Å². The average molecular weight is 1080 g/mol. The van der Waals surface area contributed by atoms with Crippen LogP contribution in [0.1, 0.15) is 76.4 Å². The summed E-state index contributed by atoms with van der Waals surface area (Å²) in [5.41, 5.74) is 10.2. The maximum absolute atomic E-state index is 13.3. The maximum Gasteiger partial charge on any atom is 0.490 e. The molecule has 1 amide bonds. The first-order chi connectivity index (χ1) is 35.1. The van der Waals surface area contributed by atoms with Crippen LogP contribution in [0, 0.1) is 13.8 Å². The third kappa shape index (κ3) is 11.7. The molecule has 27 nitrogen and oxygen atoms in total. The normalized spacial score (nSPS) is 21.3. The number of anilines is 3. The standard InChI is InChI=1S/C19H16N2O2.C15H14N4O.C10H16N5O13P3/c1-2-19(14-8-4-3-5-9-14)17(22)15-10-7-13-21(15)18-16(23-19)11-6-12-20-18;1-9-6-8-17-14-12(9)18-15(20)11-3-2-7-16-13(11)19(14)10-4-5-10;1-5-3-15(10(17)12-9(5)16)8-2-6(13-14-11)7(26-8)4-25-30(21,22)28-31(23,24)27-29(18,19)20/h3-13H,2H2,1H3;2-3,6-8,10H,4-5H2,1H3,(H,18,20);3,6-8H,2,4H2,1H3,(H,21,22)(H,23,24)(H,12,16,17)(H2,18,19,20)/t19-;;6-,7+,8+/m1.0/s1. The summed E-state index contributed by atoms with van der Waals surface area (Å²) in [4.78, 5) is 105. The Kier molecular flexibility index (Phi) is 15.5. The number of ketones is 1. The number of pyridine rings is 3. The molecule has 0 bridgehead atoms. The molecule has 1 saturated heterocycles. The Hall–Kier alpha value is -6.95. The third-order valence-electron chi connectivity index (χ3n) is 11.8. The number of hydrogen-bond acceptors (Lipinski definition) is 17. The van der Waals surface area contributed by atoms with Crippen molar-refractivity contribution >= 4 is 52.5 Å². The lowest BCUT2D eigenvalue weighted by Crippen LogP contribution is -2.41. The molecule has 3 aliphatic heterocycles. The molecule has 1 aromatic carbocycles. The van der Waals surface area contributed by atoms with Crippen molar-refractivity contribution in [3.63, 3.8) is 0 Å². The number of phosphoric acid groups is 3. The Morgan fingerprint density at radius 2 is 1.55 bits per heavy atom. The zero-order valence-corrected chi connectivity index (χ0v) is 41.9. The van der Waals surface area contributed by atoms with Gasteiger partial charge in [-0.3, -0.25) is 33.0 Å². The van der Waals surface area contributed by atoms with E-state index in [0.29, 0.717) is 41.1 Å². The summed E-state index contributed by atoms with van der Waals surface area (Å²) < 4.78 is 59.9. The van der Waals surface area contributed by atoms with Gasteiger partial charge >= 0.3 is 29.2 Å². The van der Waals surface area contributed by atoms with Gasteiger partial charge in [-0.25, -0.2) is 33.4 Å². The molecular weight excluding hydrogens is 1030 g/mol. The van der Waals surface area contributed by atoms with Crippen molar-refractivity contribution < 1.29 is 65.5 Å². The summed E-state index contributed by atoms with van der Waals surface area (Å²) in [6.07, 6.45) is 8.55. The van der Waals surface area contributed by atoms with Gasteiger partial charge in [0.2, 0.25) is 5.78 Å². The monoisotopic (exact) mass is 1080 g/mol. The molecule has 8 heterocycles. The zero-order chi connectivity index (χ0) is 53.2. The molecule has 4 aliphatic rings. The zero-order valence-electron chi connectivity index (χ0n) is 39.2. The number of aryl methyl sites for hydroxylation is 2. The Bertz CT molecular complexity index is 3430. The van der Waals surface area contributed by atoms with Crippen molar-refractivity contribution in [3.05, 3.63) is 163 Å². The van der Waals surface area contributed by atoms with Crippen LogP contribution in [0.15, 0.2) is 118 Å². The molecule has 0 radical (unpaired) electrons. The highest BCUT2D eigenvalue weighted by Crippen LogP contribution is 2.66. The summed E-state index contributed by atoms with van der Waals surface area (Å²) in [7, 11) is -16.7. The van der Waals surface area contributed by atoms with E-state index in [1.165, 1.54) is 13.1 Å². The van der Waals surface area contributed by atoms with Gasteiger partial charge in [-0.05, 0) is 86.7 Å². The number of ether oxygens (including phenoxy) is 2. The molecule has 2 fully saturated rings. The molecule has 74 heavy (non-hydrogen) atoms. The molecule has 2 unspecified atom stereocenters. The number of Topliss-reactive ketones (excluding diaryl/α,β-unsaturated/α-hetero) is 1. The van der Waals surface area contributed by atoms with Gasteiger partial charge in [0.1, 0.15) is 12.0 Å². The van der Waals surface area contributed by atoms with Crippen LogP contribution in [0.2, 0.25) is 0 Å². The minimum Gasteiger partial charge on any atom is -0.470 e. The lowest BCUT2D eigenvalue weighted by Gasteiger charge is -2.31. The SMILES string of the molecule is CC[C@]1(c2ccccc2)Oc2cccnc2-n2cccc2C1=O.Cc1ccnc2c1NC(=O)c1cccnc1N2C1CC1.Cc1cn([C@H]2C[C@H](N=[N+]=[N-])[C@@H](COP(=O)(O)OP(=O)(O)OP(=O)(O)O)O2)c(=O)[nH]c1=O. The first kappa shape index (κ1) is 53.3. The minimum absolute atomic E-state index is 0.0470. The number of benzene rings is 1. The van der Waals surface area contributed by atoms with E-state index < -0.39 is 65.3 Å². The second-order valence-corrected chi connectivity index (χ2v) is 21.2. The molecular formula is C44H46N11O16P3. The fourth-order valence-electron chi connectivity index (χ4n) is 8.27. The lowest BCUT2D eigenvalue weighted by atomic mass is 9.85. The molecule has 1 aliphatic carbocycles. The van der Waals surface area contributed by atoms with E-state index in [-0.39, 0.29) is 23.7 Å². The molecule has 10 rings (SSSR count). The average Bonchev–Trinajstić information content (AvgIpc) is 3.97. The molecule has 388 valence electrons. The van der Waals surface area contributed by atoms with Crippen LogP contribution in [-0.2, 0) is 37.2 Å². The van der Waals surface area contributed by atoms with E-state index in [1.54, 1.807) is 29.2 Å². The predicted octanol–water partition coefficient (Wildman–Crippen LogP) is 6.56. The van der Waals surface area contributed by atoms with Gasteiger partial charge in [0, 0.05) is 59.5 Å². The molecule has 6 N–H and O–H groups in total. The summed E-state index contributed by atoms with van der Waals surface area (Å²) in [6.45, 7) is 4.50. The fraction of sp³-hybridized carbons (Fsp3) is 0.295. The molecule has 1 saturated carbocycles. The van der Waals surface area contributed by atoms with Crippen LogP contribution >= 0.6 is 23.5 Å². The van der Waals surface area contributed by atoms with E-state index in [2.05, 4.69) is 48.3 Å².